The molecule has 1 amide bonds. The molecule has 4 rings (SSSR count). The Balaban J connectivity index is 1.71. The maximum atomic E-state index is 13.8. The number of amides is 1. The molecule has 1 aromatic carbocycles. The Morgan fingerprint density at radius 3 is 2.73 bits per heavy atom. The van der Waals surface area contributed by atoms with Crippen molar-refractivity contribution in [1.82, 2.24) is 23.7 Å². The highest BCUT2D eigenvalue weighted by atomic mass is 32.2. The van der Waals surface area contributed by atoms with Crippen molar-refractivity contribution in [2.75, 3.05) is 31.6 Å². The number of carboxylic acid groups (broad SMARTS) is 1. The molecular weight excluding hydrogens is 494 g/mol. The van der Waals surface area contributed by atoms with E-state index in [9.17, 15) is 23.6 Å². The molecule has 12 heteroatoms. The Kier molecular flexibility index (Phi) is 7.75. The van der Waals surface area contributed by atoms with Crippen molar-refractivity contribution in [3.8, 4) is 6.07 Å². The van der Waals surface area contributed by atoms with Crippen LogP contribution in [0.5, 0.6) is 0 Å². The van der Waals surface area contributed by atoms with Crippen LogP contribution in [0, 0.1) is 11.3 Å². The first-order valence-corrected chi connectivity index (χ1v) is 13.2. The smallest absolute Gasteiger partial charge is 0.407 e. The van der Waals surface area contributed by atoms with E-state index >= 15 is 0 Å². The van der Waals surface area contributed by atoms with E-state index in [-0.39, 0.29) is 18.1 Å². The van der Waals surface area contributed by atoms with E-state index in [1.807, 2.05) is 23.7 Å². The second-order valence-corrected chi connectivity index (χ2v) is 10.9. The third-order valence-corrected chi connectivity index (χ3v) is 8.39. The molecule has 3 aromatic rings. The summed E-state index contributed by atoms with van der Waals surface area (Å²) in [4.78, 5) is 22.8. The Hall–Kier alpha value is -3.95. The zero-order valence-electron chi connectivity index (χ0n) is 20.7. The fraction of sp³-hybridized carbons (Fsp3) is 0.360. The van der Waals surface area contributed by atoms with Crippen molar-refractivity contribution in [3.63, 3.8) is 0 Å². The molecule has 0 aliphatic carbocycles. The summed E-state index contributed by atoms with van der Waals surface area (Å²) >= 11 is 0. The number of sulfonamides is 1. The topological polar surface area (TPSA) is 136 Å². The molecule has 0 saturated carbocycles. The quantitative estimate of drug-likeness (QED) is 0.451. The van der Waals surface area contributed by atoms with Crippen molar-refractivity contribution in [2.45, 2.75) is 30.5 Å². The van der Waals surface area contributed by atoms with Gasteiger partial charge in [-0.15, -0.1) is 0 Å². The van der Waals surface area contributed by atoms with Crippen molar-refractivity contribution in [1.29, 1.82) is 5.26 Å². The molecule has 37 heavy (non-hydrogen) atoms. The third-order valence-electron chi connectivity index (χ3n) is 6.52. The predicted octanol–water partition coefficient (Wildman–Crippen LogP) is 2.31. The number of benzene rings is 1. The van der Waals surface area contributed by atoms with Gasteiger partial charge in [-0.3, -0.25) is 0 Å². The molecule has 2 aromatic heterocycles. The minimum Gasteiger partial charge on any atom is -0.465 e. The zero-order valence-corrected chi connectivity index (χ0v) is 21.5. The van der Waals surface area contributed by atoms with Crippen LogP contribution < -0.4 is 4.90 Å². The van der Waals surface area contributed by atoms with E-state index in [0.717, 1.165) is 21.8 Å². The van der Waals surface area contributed by atoms with Crippen LogP contribution in [0.25, 0.3) is 0 Å². The number of anilines is 1. The second kappa shape index (κ2) is 11.0. The molecule has 0 bridgehead atoms. The van der Waals surface area contributed by atoms with E-state index in [1.165, 1.54) is 23.6 Å². The van der Waals surface area contributed by atoms with Gasteiger partial charge in [-0.1, -0.05) is 6.07 Å². The van der Waals surface area contributed by atoms with Gasteiger partial charge in [-0.05, 0) is 48.7 Å². The lowest BCUT2D eigenvalue weighted by molar-refractivity contribution is 0.154. The summed E-state index contributed by atoms with van der Waals surface area (Å²) in [6.07, 6.45) is 4.58. The van der Waals surface area contributed by atoms with Crippen LogP contribution in [0.3, 0.4) is 0 Å². The van der Waals surface area contributed by atoms with Gasteiger partial charge in [-0.25, -0.2) is 23.2 Å². The highest BCUT2D eigenvalue weighted by molar-refractivity contribution is 7.89. The summed E-state index contributed by atoms with van der Waals surface area (Å²) in [6, 6.07) is 11.9. The Morgan fingerprint density at radius 1 is 1.27 bits per heavy atom. The van der Waals surface area contributed by atoms with Crippen molar-refractivity contribution >= 4 is 21.8 Å². The van der Waals surface area contributed by atoms with Gasteiger partial charge in [0.25, 0.3) is 10.0 Å². The first kappa shape index (κ1) is 26.1. The van der Waals surface area contributed by atoms with Gasteiger partial charge in [0.2, 0.25) is 0 Å². The second-order valence-electron chi connectivity index (χ2n) is 9.03. The molecular formula is C25H29N7O4S. The number of pyridine rings is 1. The zero-order chi connectivity index (χ0) is 26.6. The van der Waals surface area contributed by atoms with Gasteiger partial charge < -0.3 is 19.5 Å². The highest BCUT2D eigenvalue weighted by Crippen LogP contribution is 2.33. The number of carbonyl (C=O) groups is 1. The largest absolute Gasteiger partial charge is 0.465 e. The molecule has 194 valence electrons. The lowest BCUT2D eigenvalue weighted by atomic mass is 9.95. The monoisotopic (exact) mass is 523 g/mol. The number of hydrogen-bond acceptors (Lipinski definition) is 7. The number of nitrogens with zero attached hydrogens (tertiary/aromatic N) is 7. The van der Waals surface area contributed by atoms with Crippen molar-refractivity contribution < 1.29 is 18.3 Å². The van der Waals surface area contributed by atoms with Crippen LogP contribution in [0.15, 0.2) is 60.1 Å². The maximum absolute atomic E-state index is 13.8. The van der Waals surface area contributed by atoms with E-state index in [4.69, 9.17) is 0 Å². The SMILES string of the molecule is CN(CCCN(C1Cc2cc(C#N)ccc2N(Cc2cncn2C)C1)S(=O)(=O)c1ccccn1)C(=O)O. The molecule has 0 radical (unpaired) electrons. The highest BCUT2D eigenvalue weighted by Gasteiger charge is 2.37. The summed E-state index contributed by atoms with van der Waals surface area (Å²) in [5.74, 6) is 0. The van der Waals surface area contributed by atoms with Gasteiger partial charge >= 0.3 is 6.09 Å². The van der Waals surface area contributed by atoms with Crippen molar-refractivity contribution in [2.24, 2.45) is 7.05 Å². The van der Waals surface area contributed by atoms with E-state index in [1.54, 1.807) is 30.7 Å². The molecule has 1 atom stereocenters. The molecule has 1 unspecified atom stereocenters. The average Bonchev–Trinajstić information content (AvgIpc) is 3.30. The normalized spacial score (nSPS) is 15.3. The summed E-state index contributed by atoms with van der Waals surface area (Å²) in [5.41, 5.74) is 3.28. The lowest BCUT2D eigenvalue weighted by Gasteiger charge is -2.40. The van der Waals surface area contributed by atoms with Crippen LogP contribution in [-0.4, -0.2) is 76.1 Å². The first-order chi connectivity index (χ1) is 17.7. The van der Waals surface area contributed by atoms with Crippen LogP contribution >= 0.6 is 0 Å². The standard InChI is InChI=1S/C25H29N7O4S/c1-29(25(33)34)10-5-11-32(37(35,36)24-6-3-4-9-28-24)21-13-20-12-19(14-26)7-8-23(20)31(16-21)17-22-15-27-18-30(22)2/h3-4,6-9,12,15,18,21H,5,10-11,13,16-17H2,1-2H3,(H,33,34). The fourth-order valence-electron chi connectivity index (χ4n) is 4.55. The Labute approximate surface area is 216 Å². The average molecular weight is 524 g/mol. The molecule has 1 N–H and O–H groups in total. The van der Waals surface area contributed by atoms with Crippen LogP contribution in [0.4, 0.5) is 10.5 Å². The minimum atomic E-state index is -3.98. The van der Waals surface area contributed by atoms with Crippen LogP contribution in [0.1, 0.15) is 23.2 Å². The maximum Gasteiger partial charge on any atom is 0.407 e. The predicted molar refractivity (Wildman–Crippen MR) is 136 cm³/mol. The number of imidazole rings is 1. The first-order valence-electron chi connectivity index (χ1n) is 11.8. The number of rotatable bonds is 9. The van der Waals surface area contributed by atoms with Gasteiger partial charge in [0.1, 0.15) is 0 Å². The molecule has 1 aliphatic heterocycles. The number of aryl methyl sites for hydroxylation is 1. The lowest BCUT2D eigenvalue weighted by Crippen LogP contribution is -2.51. The van der Waals surface area contributed by atoms with E-state index in [2.05, 4.69) is 20.9 Å². The number of hydrogen-bond donors (Lipinski definition) is 1. The minimum absolute atomic E-state index is 0.0589. The van der Waals surface area contributed by atoms with E-state index < -0.39 is 22.2 Å². The fourth-order valence-corrected chi connectivity index (χ4v) is 6.14. The molecule has 3 heterocycles. The summed E-state index contributed by atoms with van der Waals surface area (Å²) < 4.78 is 31.0. The molecule has 1 aliphatic rings. The Bertz CT molecular complexity index is 1400. The van der Waals surface area contributed by atoms with Gasteiger partial charge in [0, 0.05) is 57.9 Å². The van der Waals surface area contributed by atoms with Crippen LogP contribution in [0.2, 0.25) is 0 Å². The van der Waals surface area contributed by atoms with Gasteiger partial charge in [-0.2, -0.15) is 9.57 Å². The van der Waals surface area contributed by atoms with E-state index in [0.29, 0.717) is 31.5 Å². The number of aromatic nitrogens is 3. The molecule has 0 fully saturated rings. The molecule has 0 saturated heterocycles. The summed E-state index contributed by atoms with van der Waals surface area (Å²) in [5, 5.41) is 18.6. The van der Waals surface area contributed by atoms with Crippen molar-refractivity contribution in [3.05, 3.63) is 71.9 Å². The Morgan fingerprint density at radius 2 is 2.08 bits per heavy atom. The number of nitriles is 1. The van der Waals surface area contributed by atoms with Gasteiger partial charge in [0.05, 0.1) is 30.2 Å². The summed E-state index contributed by atoms with van der Waals surface area (Å²) in [6.45, 7) is 1.22. The number of fused-ring (bicyclic) bond motifs is 1. The third kappa shape index (κ3) is 5.73. The molecule has 11 nitrogen and oxygen atoms in total. The summed E-state index contributed by atoms with van der Waals surface area (Å²) in [7, 11) is -0.626. The van der Waals surface area contributed by atoms with Crippen LogP contribution in [-0.2, 0) is 30.0 Å². The van der Waals surface area contributed by atoms with Gasteiger partial charge in [0.15, 0.2) is 5.03 Å². The molecule has 0 spiro atoms.